The van der Waals surface area contributed by atoms with Crippen LogP contribution < -0.4 is 10.1 Å². The Morgan fingerprint density at radius 2 is 1.89 bits per heavy atom. The molecule has 0 saturated heterocycles. The number of oxazole rings is 1. The van der Waals surface area contributed by atoms with E-state index in [9.17, 15) is 4.79 Å². The highest BCUT2D eigenvalue weighted by atomic mass is 32.1. The van der Waals surface area contributed by atoms with E-state index in [1.54, 1.807) is 32.2 Å². The zero-order chi connectivity index (χ0) is 19.0. The first-order valence-electron chi connectivity index (χ1n) is 8.34. The van der Waals surface area contributed by atoms with Crippen LogP contribution in [0.1, 0.15) is 21.3 Å². The topological polar surface area (TPSA) is 77.2 Å². The van der Waals surface area contributed by atoms with E-state index in [-0.39, 0.29) is 5.91 Å². The molecule has 2 aromatic carbocycles. The van der Waals surface area contributed by atoms with Crippen molar-refractivity contribution in [1.82, 2.24) is 9.97 Å². The fraction of sp³-hybridized carbons (Fsp3) is 0.150. The normalized spacial score (nSPS) is 10.9. The number of benzene rings is 2. The molecule has 1 N–H and O–H groups in total. The fourth-order valence-corrected chi connectivity index (χ4v) is 3.74. The van der Waals surface area contributed by atoms with Gasteiger partial charge in [0.2, 0.25) is 0 Å². The summed E-state index contributed by atoms with van der Waals surface area (Å²) < 4.78 is 10.6. The SMILES string of the molecule is COc1ccc(-c2nc(C)c(C(=O)Nc3ccc4oc(C)nc4c3)s2)cc1. The van der Waals surface area contributed by atoms with E-state index in [4.69, 9.17) is 9.15 Å². The summed E-state index contributed by atoms with van der Waals surface area (Å²) in [6.45, 7) is 3.63. The molecule has 2 aromatic heterocycles. The van der Waals surface area contributed by atoms with E-state index in [0.29, 0.717) is 33.2 Å². The first-order valence-corrected chi connectivity index (χ1v) is 9.15. The van der Waals surface area contributed by atoms with Gasteiger partial charge in [-0.25, -0.2) is 9.97 Å². The van der Waals surface area contributed by atoms with Crippen molar-refractivity contribution in [2.24, 2.45) is 0 Å². The monoisotopic (exact) mass is 379 g/mol. The number of fused-ring (bicyclic) bond motifs is 1. The fourth-order valence-electron chi connectivity index (χ4n) is 2.77. The van der Waals surface area contributed by atoms with Gasteiger partial charge in [-0.05, 0) is 49.4 Å². The second-order valence-electron chi connectivity index (χ2n) is 6.03. The summed E-state index contributed by atoms with van der Waals surface area (Å²) in [6.07, 6.45) is 0. The molecule has 0 atom stereocenters. The second-order valence-corrected chi connectivity index (χ2v) is 7.03. The highest BCUT2D eigenvalue weighted by Crippen LogP contribution is 2.30. The van der Waals surface area contributed by atoms with Gasteiger partial charge < -0.3 is 14.5 Å². The predicted molar refractivity (Wildman–Crippen MR) is 106 cm³/mol. The number of anilines is 1. The minimum absolute atomic E-state index is 0.190. The highest BCUT2D eigenvalue weighted by molar-refractivity contribution is 7.17. The maximum absolute atomic E-state index is 12.7. The van der Waals surface area contributed by atoms with Crippen LogP contribution in [0.2, 0.25) is 0 Å². The van der Waals surface area contributed by atoms with E-state index in [1.165, 1.54) is 11.3 Å². The molecule has 136 valence electrons. The molecule has 4 aromatic rings. The van der Waals surface area contributed by atoms with Gasteiger partial charge in [0.25, 0.3) is 5.91 Å². The summed E-state index contributed by atoms with van der Waals surface area (Å²) in [6, 6.07) is 13.0. The maximum atomic E-state index is 12.7. The Morgan fingerprint density at radius 1 is 1.11 bits per heavy atom. The van der Waals surface area contributed by atoms with Crippen molar-refractivity contribution in [2.45, 2.75) is 13.8 Å². The molecule has 27 heavy (non-hydrogen) atoms. The maximum Gasteiger partial charge on any atom is 0.267 e. The highest BCUT2D eigenvalue weighted by Gasteiger charge is 2.17. The van der Waals surface area contributed by atoms with E-state index in [2.05, 4.69) is 15.3 Å². The number of nitrogens with zero attached hydrogens (tertiary/aromatic N) is 2. The summed E-state index contributed by atoms with van der Waals surface area (Å²) in [5.74, 6) is 1.18. The van der Waals surface area contributed by atoms with Gasteiger partial charge in [-0.15, -0.1) is 11.3 Å². The molecule has 0 fully saturated rings. The minimum atomic E-state index is -0.190. The minimum Gasteiger partial charge on any atom is -0.497 e. The number of rotatable bonds is 4. The number of methoxy groups -OCH3 is 1. The van der Waals surface area contributed by atoms with Crippen LogP contribution in [-0.4, -0.2) is 23.0 Å². The van der Waals surface area contributed by atoms with Crippen molar-refractivity contribution in [1.29, 1.82) is 0 Å². The Hall–Kier alpha value is -3.19. The molecule has 0 aliphatic rings. The van der Waals surface area contributed by atoms with Crippen LogP contribution in [0, 0.1) is 13.8 Å². The van der Waals surface area contributed by atoms with Gasteiger partial charge in [-0.3, -0.25) is 4.79 Å². The summed E-state index contributed by atoms with van der Waals surface area (Å²) in [5.41, 5.74) is 3.72. The molecule has 4 rings (SSSR count). The lowest BCUT2D eigenvalue weighted by Gasteiger charge is -2.03. The predicted octanol–water partition coefficient (Wildman–Crippen LogP) is 4.83. The molecule has 7 heteroatoms. The van der Waals surface area contributed by atoms with E-state index < -0.39 is 0 Å². The molecule has 0 saturated carbocycles. The number of aryl methyl sites for hydroxylation is 2. The first kappa shape index (κ1) is 17.2. The van der Waals surface area contributed by atoms with Gasteiger partial charge >= 0.3 is 0 Å². The van der Waals surface area contributed by atoms with E-state index in [0.717, 1.165) is 16.3 Å². The molecular weight excluding hydrogens is 362 g/mol. The van der Waals surface area contributed by atoms with Gasteiger partial charge in [0.15, 0.2) is 11.5 Å². The molecule has 1 amide bonds. The number of amides is 1. The van der Waals surface area contributed by atoms with Crippen molar-refractivity contribution in [3.63, 3.8) is 0 Å². The van der Waals surface area contributed by atoms with E-state index in [1.807, 2.05) is 31.2 Å². The third kappa shape index (κ3) is 3.41. The molecular formula is C20H17N3O3S. The van der Waals surface area contributed by atoms with Gasteiger partial charge in [-0.2, -0.15) is 0 Å². The van der Waals surface area contributed by atoms with Crippen LogP contribution >= 0.6 is 11.3 Å². The van der Waals surface area contributed by atoms with E-state index >= 15 is 0 Å². The molecule has 6 nitrogen and oxygen atoms in total. The average molecular weight is 379 g/mol. The molecule has 0 aliphatic heterocycles. The van der Waals surface area contributed by atoms with Crippen LogP contribution in [0.25, 0.3) is 21.7 Å². The lowest BCUT2D eigenvalue weighted by molar-refractivity contribution is 0.103. The third-order valence-corrected chi connectivity index (χ3v) is 5.30. The third-order valence-electron chi connectivity index (χ3n) is 4.09. The largest absolute Gasteiger partial charge is 0.497 e. The first-order chi connectivity index (χ1) is 13.0. The summed E-state index contributed by atoms with van der Waals surface area (Å²) in [5, 5.41) is 3.71. The lowest BCUT2D eigenvalue weighted by atomic mass is 10.2. The van der Waals surface area contributed by atoms with Crippen LogP contribution in [0.5, 0.6) is 5.75 Å². The standard InChI is InChI=1S/C20H17N3O3S/c1-11-18(27-20(21-11)13-4-7-15(25-3)8-5-13)19(24)23-14-6-9-17-16(10-14)22-12(2)26-17/h4-10H,1-3H3,(H,23,24). The number of hydrogen-bond acceptors (Lipinski definition) is 6. The van der Waals surface area contributed by atoms with Gasteiger partial charge in [0.1, 0.15) is 21.2 Å². The van der Waals surface area contributed by atoms with Crippen molar-refractivity contribution < 1.29 is 13.9 Å². The number of carbonyl (C=O) groups excluding carboxylic acids is 1. The van der Waals surface area contributed by atoms with Crippen LogP contribution in [-0.2, 0) is 0 Å². The van der Waals surface area contributed by atoms with Gasteiger partial charge in [0, 0.05) is 18.2 Å². The zero-order valence-corrected chi connectivity index (χ0v) is 15.9. The molecule has 0 unspecified atom stereocenters. The van der Waals surface area contributed by atoms with Gasteiger partial charge in [0.05, 0.1) is 12.8 Å². The summed E-state index contributed by atoms with van der Waals surface area (Å²) in [7, 11) is 1.63. The molecule has 0 aliphatic carbocycles. The molecule has 2 heterocycles. The van der Waals surface area contributed by atoms with Crippen molar-refractivity contribution in [3.05, 3.63) is 58.9 Å². The smallest absolute Gasteiger partial charge is 0.267 e. The Balaban J connectivity index is 1.58. The van der Waals surface area contributed by atoms with Gasteiger partial charge in [-0.1, -0.05) is 0 Å². The number of aromatic nitrogens is 2. The Kier molecular flexibility index (Phi) is 4.37. The van der Waals surface area contributed by atoms with Crippen molar-refractivity contribution in [3.8, 4) is 16.3 Å². The van der Waals surface area contributed by atoms with Crippen molar-refractivity contribution in [2.75, 3.05) is 12.4 Å². The number of nitrogens with one attached hydrogen (secondary N) is 1. The Labute approximate surface area is 159 Å². The second kappa shape index (κ2) is 6.85. The number of carbonyl (C=O) groups is 1. The molecule has 0 spiro atoms. The number of thiazole rings is 1. The summed E-state index contributed by atoms with van der Waals surface area (Å²) in [4.78, 5) is 22.1. The zero-order valence-electron chi connectivity index (χ0n) is 15.1. The lowest BCUT2D eigenvalue weighted by Crippen LogP contribution is -2.11. The molecule has 0 bridgehead atoms. The molecule has 0 radical (unpaired) electrons. The number of hydrogen-bond donors (Lipinski definition) is 1. The summed E-state index contributed by atoms with van der Waals surface area (Å²) >= 11 is 1.36. The van der Waals surface area contributed by atoms with Crippen LogP contribution in [0.3, 0.4) is 0 Å². The van der Waals surface area contributed by atoms with Crippen molar-refractivity contribution >= 4 is 34.0 Å². The average Bonchev–Trinajstić information content (AvgIpc) is 3.23. The van der Waals surface area contributed by atoms with Crippen LogP contribution in [0.15, 0.2) is 46.9 Å². The number of ether oxygens (including phenoxy) is 1. The Morgan fingerprint density at radius 3 is 2.63 bits per heavy atom. The Bertz CT molecular complexity index is 1130. The quantitative estimate of drug-likeness (QED) is 0.549. The van der Waals surface area contributed by atoms with Crippen LogP contribution in [0.4, 0.5) is 5.69 Å².